The zero-order valence-electron chi connectivity index (χ0n) is 17.6. The second-order valence-corrected chi connectivity index (χ2v) is 9.60. The van der Waals surface area contributed by atoms with Gasteiger partial charge in [0.05, 0.1) is 22.2 Å². The summed E-state index contributed by atoms with van der Waals surface area (Å²) in [6.45, 7) is 1.97. The number of nitrogens with zero attached hydrogens (tertiary/aromatic N) is 3. The van der Waals surface area contributed by atoms with Crippen LogP contribution in [0.15, 0.2) is 54.6 Å². The number of amides is 2. The van der Waals surface area contributed by atoms with Crippen LogP contribution in [0.4, 0.5) is 0 Å². The highest BCUT2D eigenvalue weighted by molar-refractivity contribution is 7.18. The van der Waals surface area contributed by atoms with Crippen molar-refractivity contribution < 1.29 is 9.59 Å². The fourth-order valence-corrected chi connectivity index (χ4v) is 5.90. The van der Waals surface area contributed by atoms with E-state index in [-0.39, 0.29) is 23.8 Å². The Hall–Kier alpha value is -2.73. The van der Waals surface area contributed by atoms with Crippen LogP contribution in [-0.4, -0.2) is 46.2 Å². The number of para-hydroxylation sites is 1. The van der Waals surface area contributed by atoms with Crippen LogP contribution in [0.25, 0.3) is 10.2 Å². The van der Waals surface area contributed by atoms with Crippen LogP contribution in [0, 0.1) is 5.92 Å². The molecule has 2 aliphatic rings. The van der Waals surface area contributed by atoms with E-state index in [1.807, 2.05) is 46.2 Å². The average Bonchev–Trinajstić information content (AvgIpc) is 3.41. The van der Waals surface area contributed by atoms with E-state index in [9.17, 15) is 9.59 Å². The SMILES string of the molecule is O=C1C[C@H](C(=O)N2CCCC[C@H]2c2nc3ccccc3s2)CN1CCc1ccccc1. The van der Waals surface area contributed by atoms with Crippen LogP contribution in [0.5, 0.6) is 0 Å². The van der Waals surface area contributed by atoms with Gasteiger partial charge in [0.1, 0.15) is 5.01 Å². The van der Waals surface area contributed by atoms with E-state index in [1.54, 1.807) is 11.3 Å². The molecular formula is C25H27N3O2S. The molecule has 0 radical (unpaired) electrons. The molecule has 0 aliphatic carbocycles. The first kappa shape index (κ1) is 20.2. The number of carbonyl (C=O) groups is 2. The Morgan fingerprint density at radius 2 is 1.87 bits per heavy atom. The molecule has 31 heavy (non-hydrogen) atoms. The topological polar surface area (TPSA) is 53.5 Å². The molecule has 0 N–H and O–H groups in total. The van der Waals surface area contributed by atoms with Crippen molar-refractivity contribution in [2.45, 2.75) is 38.1 Å². The fourth-order valence-electron chi connectivity index (χ4n) is 4.78. The molecule has 2 saturated heterocycles. The van der Waals surface area contributed by atoms with Crippen molar-refractivity contribution in [3.63, 3.8) is 0 Å². The lowest BCUT2D eigenvalue weighted by atomic mass is 9.99. The number of likely N-dealkylation sites (tertiary alicyclic amines) is 2. The monoisotopic (exact) mass is 433 g/mol. The standard InChI is InChI=1S/C25H27N3O2S/c29-23-16-19(17-27(23)15-13-18-8-2-1-3-9-18)25(30)28-14-7-6-11-21(28)24-26-20-10-4-5-12-22(20)31-24/h1-5,8-10,12,19,21H,6-7,11,13-17H2/t19-,21-/m0/s1. The molecule has 160 valence electrons. The maximum Gasteiger partial charge on any atom is 0.228 e. The van der Waals surface area contributed by atoms with E-state index in [0.29, 0.717) is 19.5 Å². The third-order valence-electron chi connectivity index (χ3n) is 6.46. The Morgan fingerprint density at radius 1 is 1.06 bits per heavy atom. The van der Waals surface area contributed by atoms with E-state index >= 15 is 0 Å². The quantitative estimate of drug-likeness (QED) is 0.598. The predicted octanol–water partition coefficient (Wildman–Crippen LogP) is 4.44. The number of hydrogen-bond acceptors (Lipinski definition) is 4. The molecule has 3 aromatic rings. The van der Waals surface area contributed by atoms with Crippen LogP contribution in [-0.2, 0) is 16.0 Å². The summed E-state index contributed by atoms with van der Waals surface area (Å²) in [5.74, 6) is -0.0133. The maximum absolute atomic E-state index is 13.5. The number of benzene rings is 2. The Bertz CT molecular complexity index is 1050. The van der Waals surface area contributed by atoms with Crippen molar-refractivity contribution in [3.05, 3.63) is 65.2 Å². The highest BCUT2D eigenvalue weighted by Gasteiger charge is 2.39. The maximum atomic E-state index is 13.5. The first-order valence-electron chi connectivity index (χ1n) is 11.2. The molecular weight excluding hydrogens is 406 g/mol. The van der Waals surface area contributed by atoms with Gasteiger partial charge >= 0.3 is 0 Å². The third kappa shape index (κ3) is 4.22. The Kier molecular flexibility index (Phi) is 5.72. The van der Waals surface area contributed by atoms with Gasteiger partial charge in [-0.05, 0) is 43.4 Å². The van der Waals surface area contributed by atoms with Crippen molar-refractivity contribution in [2.24, 2.45) is 5.92 Å². The van der Waals surface area contributed by atoms with Gasteiger partial charge in [0.15, 0.2) is 0 Å². The minimum absolute atomic E-state index is 0.0344. The first-order valence-corrected chi connectivity index (χ1v) is 12.0. The number of carbonyl (C=O) groups excluding carboxylic acids is 2. The zero-order chi connectivity index (χ0) is 21.2. The Labute approximate surface area is 186 Å². The molecule has 0 saturated carbocycles. The molecule has 6 heteroatoms. The lowest BCUT2D eigenvalue weighted by Crippen LogP contribution is -2.42. The second-order valence-electron chi connectivity index (χ2n) is 8.54. The van der Waals surface area contributed by atoms with Crippen molar-refractivity contribution in [2.75, 3.05) is 19.6 Å². The van der Waals surface area contributed by atoms with E-state index in [1.165, 1.54) is 10.3 Å². The molecule has 2 amide bonds. The number of rotatable bonds is 5. The summed E-state index contributed by atoms with van der Waals surface area (Å²) < 4.78 is 1.17. The summed E-state index contributed by atoms with van der Waals surface area (Å²) in [7, 11) is 0. The second kappa shape index (κ2) is 8.79. The van der Waals surface area contributed by atoms with Gasteiger partial charge in [-0.25, -0.2) is 4.98 Å². The number of thiazole rings is 1. The van der Waals surface area contributed by atoms with Crippen molar-refractivity contribution in [3.8, 4) is 0 Å². The zero-order valence-corrected chi connectivity index (χ0v) is 18.4. The van der Waals surface area contributed by atoms with Crippen LogP contribution in [0.2, 0.25) is 0 Å². The summed E-state index contributed by atoms with van der Waals surface area (Å²) in [6, 6.07) is 18.4. The molecule has 5 nitrogen and oxygen atoms in total. The summed E-state index contributed by atoms with van der Waals surface area (Å²) in [6.07, 6.45) is 4.23. The average molecular weight is 434 g/mol. The lowest BCUT2D eigenvalue weighted by Gasteiger charge is -2.36. The summed E-state index contributed by atoms with van der Waals surface area (Å²) in [5.41, 5.74) is 2.22. The molecule has 0 spiro atoms. The van der Waals surface area contributed by atoms with Gasteiger partial charge in [-0.1, -0.05) is 42.5 Å². The van der Waals surface area contributed by atoms with Crippen molar-refractivity contribution in [1.82, 2.24) is 14.8 Å². The van der Waals surface area contributed by atoms with Gasteiger partial charge < -0.3 is 9.80 Å². The first-order chi connectivity index (χ1) is 15.2. The highest BCUT2D eigenvalue weighted by atomic mass is 32.1. The molecule has 3 heterocycles. The van der Waals surface area contributed by atoms with Gasteiger partial charge in [-0.2, -0.15) is 0 Å². The number of fused-ring (bicyclic) bond motifs is 1. The van der Waals surface area contributed by atoms with Gasteiger partial charge in [0, 0.05) is 26.1 Å². The largest absolute Gasteiger partial charge is 0.342 e. The van der Waals surface area contributed by atoms with Gasteiger partial charge in [0.25, 0.3) is 0 Å². The van der Waals surface area contributed by atoms with Crippen LogP contribution in [0.1, 0.15) is 42.3 Å². The number of piperidine rings is 1. The normalized spacial score (nSPS) is 21.7. The summed E-state index contributed by atoms with van der Waals surface area (Å²) in [5, 5.41) is 1.03. The predicted molar refractivity (Wildman–Crippen MR) is 123 cm³/mol. The molecule has 2 aromatic carbocycles. The minimum Gasteiger partial charge on any atom is -0.342 e. The highest BCUT2D eigenvalue weighted by Crippen LogP contribution is 2.37. The van der Waals surface area contributed by atoms with E-state index in [2.05, 4.69) is 18.2 Å². The van der Waals surface area contributed by atoms with Crippen LogP contribution in [0.3, 0.4) is 0 Å². The molecule has 0 unspecified atom stereocenters. The minimum atomic E-state index is -0.238. The number of aromatic nitrogens is 1. The smallest absolute Gasteiger partial charge is 0.228 e. The third-order valence-corrected chi connectivity index (χ3v) is 7.60. The summed E-state index contributed by atoms with van der Waals surface area (Å²) in [4.78, 5) is 34.8. The van der Waals surface area contributed by atoms with Gasteiger partial charge in [-0.3, -0.25) is 9.59 Å². The van der Waals surface area contributed by atoms with Crippen molar-refractivity contribution in [1.29, 1.82) is 0 Å². The molecule has 2 fully saturated rings. The van der Waals surface area contributed by atoms with Gasteiger partial charge in [-0.15, -0.1) is 11.3 Å². The molecule has 0 bridgehead atoms. The molecule has 1 aromatic heterocycles. The molecule has 5 rings (SSSR count). The summed E-state index contributed by atoms with van der Waals surface area (Å²) >= 11 is 1.69. The van der Waals surface area contributed by atoms with Gasteiger partial charge in [0.2, 0.25) is 11.8 Å². The van der Waals surface area contributed by atoms with Crippen LogP contribution < -0.4 is 0 Å². The Morgan fingerprint density at radius 3 is 2.71 bits per heavy atom. The van der Waals surface area contributed by atoms with E-state index in [4.69, 9.17) is 4.98 Å². The van der Waals surface area contributed by atoms with E-state index in [0.717, 1.165) is 42.8 Å². The Balaban J connectivity index is 1.28. The van der Waals surface area contributed by atoms with E-state index < -0.39 is 0 Å². The van der Waals surface area contributed by atoms with Crippen molar-refractivity contribution >= 4 is 33.4 Å². The molecule has 2 atom stereocenters. The lowest BCUT2D eigenvalue weighted by molar-refractivity contribution is -0.139. The number of hydrogen-bond donors (Lipinski definition) is 0. The fraction of sp³-hybridized carbons (Fsp3) is 0.400. The van der Waals surface area contributed by atoms with Crippen LogP contribution >= 0.6 is 11.3 Å². The molecule has 2 aliphatic heterocycles.